The van der Waals surface area contributed by atoms with Crippen molar-refractivity contribution in [3.8, 4) is 0 Å². The third-order valence-electron chi connectivity index (χ3n) is 3.16. The third-order valence-corrected chi connectivity index (χ3v) is 4.99. The first-order chi connectivity index (χ1) is 11.2. The van der Waals surface area contributed by atoms with Crippen LogP contribution >= 0.6 is 23.5 Å². The molecule has 4 nitrogen and oxygen atoms in total. The van der Waals surface area contributed by atoms with Gasteiger partial charge < -0.3 is 4.42 Å². The molecule has 23 heavy (non-hydrogen) atoms. The summed E-state index contributed by atoms with van der Waals surface area (Å²) in [6, 6.07) is 13.6. The van der Waals surface area contributed by atoms with Crippen LogP contribution in [-0.4, -0.2) is 22.6 Å². The van der Waals surface area contributed by atoms with E-state index in [0.29, 0.717) is 17.2 Å². The number of hydrogen-bond donors (Lipinski definition) is 0. The lowest BCUT2D eigenvalue weighted by Crippen LogP contribution is -2.28. The summed E-state index contributed by atoms with van der Waals surface area (Å²) in [6.07, 6.45) is 2.39. The lowest BCUT2D eigenvalue weighted by atomic mass is 10.3. The number of thioether (sulfide) groups is 1. The van der Waals surface area contributed by atoms with Crippen molar-refractivity contribution in [2.75, 3.05) is 6.54 Å². The molecule has 1 aliphatic heterocycles. The fourth-order valence-electron chi connectivity index (χ4n) is 2.12. The van der Waals surface area contributed by atoms with Crippen molar-refractivity contribution < 1.29 is 14.0 Å². The van der Waals surface area contributed by atoms with Crippen LogP contribution in [0.25, 0.3) is 6.08 Å². The highest BCUT2D eigenvalue weighted by atomic mass is 32.2. The van der Waals surface area contributed by atoms with Gasteiger partial charge in [0.25, 0.3) is 11.1 Å². The maximum absolute atomic E-state index is 12.2. The van der Waals surface area contributed by atoms with Gasteiger partial charge in [-0.05, 0) is 42.4 Å². The van der Waals surface area contributed by atoms with Crippen molar-refractivity contribution in [1.82, 2.24) is 4.90 Å². The Bertz CT molecular complexity index is 752. The number of rotatable bonds is 5. The van der Waals surface area contributed by atoms with E-state index in [0.717, 1.165) is 28.2 Å². The SMILES string of the molecule is CCCN1C(=O)S/C(=C/c2ccc(Sc3ccccc3)o2)C1=O. The minimum absolute atomic E-state index is 0.214. The number of imide groups is 1. The van der Waals surface area contributed by atoms with E-state index in [2.05, 4.69) is 0 Å². The monoisotopic (exact) mass is 345 g/mol. The van der Waals surface area contributed by atoms with E-state index in [4.69, 9.17) is 4.42 Å². The predicted molar refractivity (Wildman–Crippen MR) is 92.2 cm³/mol. The molecule has 0 radical (unpaired) electrons. The van der Waals surface area contributed by atoms with Crippen molar-refractivity contribution in [1.29, 1.82) is 0 Å². The molecule has 0 aliphatic carbocycles. The molecule has 0 atom stereocenters. The van der Waals surface area contributed by atoms with Crippen molar-refractivity contribution in [3.63, 3.8) is 0 Å². The third kappa shape index (κ3) is 3.71. The molecule has 2 amide bonds. The zero-order valence-corrected chi connectivity index (χ0v) is 14.2. The first-order valence-corrected chi connectivity index (χ1v) is 8.89. The average molecular weight is 345 g/mol. The summed E-state index contributed by atoms with van der Waals surface area (Å²) in [5.41, 5.74) is 0. The molecule has 2 heterocycles. The smallest absolute Gasteiger partial charge is 0.293 e. The predicted octanol–water partition coefficient (Wildman–Crippen LogP) is 4.88. The molecule has 3 rings (SSSR count). The highest BCUT2D eigenvalue weighted by Crippen LogP contribution is 2.34. The second kappa shape index (κ2) is 7.10. The number of carbonyl (C=O) groups excluding carboxylic acids is 2. The molecule has 1 saturated heterocycles. The van der Waals surface area contributed by atoms with Gasteiger partial charge in [-0.15, -0.1) is 0 Å². The lowest BCUT2D eigenvalue weighted by Gasteiger charge is -2.09. The minimum Gasteiger partial charge on any atom is -0.450 e. The summed E-state index contributed by atoms with van der Waals surface area (Å²) in [7, 11) is 0. The van der Waals surface area contributed by atoms with Gasteiger partial charge in [-0.2, -0.15) is 0 Å². The van der Waals surface area contributed by atoms with Crippen LogP contribution in [0.1, 0.15) is 19.1 Å². The molecule has 1 aliphatic rings. The summed E-state index contributed by atoms with van der Waals surface area (Å²) in [5, 5.41) is 0.531. The van der Waals surface area contributed by atoms with Gasteiger partial charge in [0.2, 0.25) is 0 Å². The summed E-state index contributed by atoms with van der Waals surface area (Å²) in [4.78, 5) is 26.8. The normalized spacial score (nSPS) is 16.6. The average Bonchev–Trinajstić information content (AvgIpc) is 3.09. The second-order valence-electron chi connectivity index (χ2n) is 4.91. The molecule has 0 unspecified atom stereocenters. The van der Waals surface area contributed by atoms with Crippen LogP contribution in [0.15, 0.2) is 61.8 Å². The topological polar surface area (TPSA) is 50.5 Å². The van der Waals surface area contributed by atoms with Gasteiger partial charge in [0.1, 0.15) is 5.76 Å². The molecule has 2 aromatic rings. The molecule has 0 spiro atoms. The number of hydrogen-bond acceptors (Lipinski definition) is 5. The first-order valence-electron chi connectivity index (χ1n) is 7.25. The molecule has 1 fully saturated rings. The Labute approximate surface area is 142 Å². The van der Waals surface area contributed by atoms with Crippen molar-refractivity contribution in [2.24, 2.45) is 0 Å². The van der Waals surface area contributed by atoms with E-state index >= 15 is 0 Å². The molecular weight excluding hydrogens is 330 g/mol. The van der Waals surface area contributed by atoms with E-state index in [9.17, 15) is 9.59 Å². The standard InChI is InChI=1S/C17H15NO3S2/c1-2-10-18-16(19)14(23-17(18)20)11-12-8-9-15(21-12)22-13-6-4-3-5-7-13/h3-9,11H,2,10H2,1H3/b14-11+. The van der Waals surface area contributed by atoms with Gasteiger partial charge in [-0.1, -0.05) is 36.9 Å². The molecule has 6 heteroatoms. The fraction of sp³-hybridized carbons (Fsp3) is 0.176. The van der Waals surface area contributed by atoms with Gasteiger partial charge in [-0.25, -0.2) is 0 Å². The van der Waals surface area contributed by atoms with Crippen LogP contribution in [0.2, 0.25) is 0 Å². The Kier molecular flexibility index (Phi) is 4.93. The number of amides is 2. The quantitative estimate of drug-likeness (QED) is 0.723. The summed E-state index contributed by atoms with van der Waals surface area (Å²) in [6.45, 7) is 2.39. The van der Waals surface area contributed by atoms with Crippen LogP contribution < -0.4 is 0 Å². The van der Waals surface area contributed by atoms with Crippen molar-refractivity contribution in [2.45, 2.75) is 23.3 Å². The van der Waals surface area contributed by atoms with Crippen molar-refractivity contribution in [3.05, 3.63) is 53.1 Å². The minimum atomic E-state index is -0.240. The van der Waals surface area contributed by atoms with Gasteiger partial charge in [0.05, 0.1) is 4.91 Å². The molecular formula is C17H15NO3S2. The zero-order valence-electron chi connectivity index (χ0n) is 12.5. The van der Waals surface area contributed by atoms with Crippen LogP contribution in [0.4, 0.5) is 4.79 Å². The Morgan fingerprint density at radius 2 is 1.96 bits per heavy atom. The molecule has 0 N–H and O–H groups in total. The zero-order chi connectivity index (χ0) is 16.2. The van der Waals surface area contributed by atoms with Crippen LogP contribution in [0.5, 0.6) is 0 Å². The molecule has 1 aromatic carbocycles. The lowest BCUT2D eigenvalue weighted by molar-refractivity contribution is -0.122. The molecule has 0 bridgehead atoms. The van der Waals surface area contributed by atoms with Crippen LogP contribution in [-0.2, 0) is 4.79 Å². The van der Waals surface area contributed by atoms with E-state index in [1.165, 1.54) is 16.7 Å². The summed E-state index contributed by atoms with van der Waals surface area (Å²) in [5.74, 6) is 0.334. The van der Waals surface area contributed by atoms with Gasteiger partial charge in [0.15, 0.2) is 5.09 Å². The second-order valence-corrected chi connectivity index (χ2v) is 6.98. The Morgan fingerprint density at radius 1 is 1.17 bits per heavy atom. The van der Waals surface area contributed by atoms with Crippen LogP contribution in [0, 0.1) is 0 Å². The van der Waals surface area contributed by atoms with Crippen molar-refractivity contribution >= 4 is 40.7 Å². The van der Waals surface area contributed by atoms with Gasteiger partial charge >= 0.3 is 0 Å². The van der Waals surface area contributed by atoms with E-state index in [-0.39, 0.29) is 11.1 Å². The molecule has 1 aromatic heterocycles. The maximum Gasteiger partial charge on any atom is 0.293 e. The number of nitrogens with zero attached hydrogens (tertiary/aromatic N) is 1. The van der Waals surface area contributed by atoms with Gasteiger partial charge in [-0.3, -0.25) is 14.5 Å². The van der Waals surface area contributed by atoms with Crippen LogP contribution in [0.3, 0.4) is 0 Å². The summed E-state index contributed by atoms with van der Waals surface area (Å²) >= 11 is 2.47. The Morgan fingerprint density at radius 3 is 2.70 bits per heavy atom. The van der Waals surface area contributed by atoms with E-state index < -0.39 is 0 Å². The summed E-state index contributed by atoms with van der Waals surface area (Å²) < 4.78 is 5.72. The number of furan rings is 1. The number of benzene rings is 1. The first kappa shape index (κ1) is 16.0. The largest absolute Gasteiger partial charge is 0.450 e. The fourth-order valence-corrected chi connectivity index (χ4v) is 3.76. The van der Waals surface area contributed by atoms with Gasteiger partial charge in [0, 0.05) is 17.5 Å². The number of carbonyl (C=O) groups is 2. The maximum atomic E-state index is 12.2. The molecule has 0 saturated carbocycles. The highest BCUT2D eigenvalue weighted by Gasteiger charge is 2.34. The van der Waals surface area contributed by atoms with E-state index in [1.54, 1.807) is 12.1 Å². The highest BCUT2D eigenvalue weighted by molar-refractivity contribution is 8.18. The van der Waals surface area contributed by atoms with E-state index in [1.807, 2.05) is 43.3 Å². The Balaban J connectivity index is 1.74. The Hall–Kier alpha value is -1.92. The molecule has 118 valence electrons.